The summed E-state index contributed by atoms with van der Waals surface area (Å²) >= 11 is 0. The van der Waals surface area contributed by atoms with Gasteiger partial charge < -0.3 is 9.80 Å². The van der Waals surface area contributed by atoms with E-state index in [4.69, 9.17) is 0 Å². The molecule has 0 radical (unpaired) electrons. The van der Waals surface area contributed by atoms with Crippen LogP contribution in [0.3, 0.4) is 0 Å². The summed E-state index contributed by atoms with van der Waals surface area (Å²) in [6.07, 6.45) is 7.02. The summed E-state index contributed by atoms with van der Waals surface area (Å²) in [7, 11) is 0. The molecule has 1 aliphatic rings. The molecule has 0 atom stereocenters. The number of hydrogen-bond acceptors (Lipinski definition) is 6. The van der Waals surface area contributed by atoms with E-state index in [0.717, 1.165) is 49.8 Å². The Morgan fingerprint density at radius 2 is 1.76 bits per heavy atom. The van der Waals surface area contributed by atoms with Gasteiger partial charge in [0.1, 0.15) is 5.82 Å². The van der Waals surface area contributed by atoms with E-state index in [1.54, 1.807) is 18.5 Å². The molecule has 4 heterocycles. The molecule has 3 aromatic heterocycles. The Labute approximate surface area is 145 Å². The molecule has 130 valence electrons. The highest BCUT2D eigenvalue weighted by molar-refractivity contribution is 5.64. The average molecular weight is 341 g/mol. The van der Waals surface area contributed by atoms with Gasteiger partial charge in [-0.05, 0) is 18.6 Å². The minimum atomic E-state index is -0.277. The molecule has 0 aromatic carbocycles. The molecule has 7 nitrogen and oxygen atoms in total. The predicted molar refractivity (Wildman–Crippen MR) is 93.4 cm³/mol. The van der Waals surface area contributed by atoms with Crippen LogP contribution in [0.4, 0.5) is 16.0 Å². The van der Waals surface area contributed by atoms with E-state index < -0.39 is 0 Å². The zero-order valence-electron chi connectivity index (χ0n) is 14.1. The molecule has 0 N–H and O–H groups in total. The van der Waals surface area contributed by atoms with Gasteiger partial charge in [0.2, 0.25) is 5.65 Å². The zero-order valence-corrected chi connectivity index (χ0v) is 14.1. The fraction of sp³-hybridized carbons (Fsp3) is 0.412. The SMILES string of the molecule is CCc1nnc2c(N3CCCN(c4ncccc4F)CC3)nccn12. The van der Waals surface area contributed by atoms with Crippen molar-refractivity contribution >= 4 is 17.3 Å². The number of hydrogen-bond donors (Lipinski definition) is 0. The predicted octanol–water partition coefficient (Wildman–Crippen LogP) is 1.94. The summed E-state index contributed by atoms with van der Waals surface area (Å²) in [6.45, 7) is 5.08. The van der Waals surface area contributed by atoms with Crippen molar-refractivity contribution in [3.63, 3.8) is 0 Å². The van der Waals surface area contributed by atoms with E-state index in [0.29, 0.717) is 12.4 Å². The van der Waals surface area contributed by atoms with Crippen molar-refractivity contribution in [3.05, 3.63) is 42.4 Å². The number of fused-ring (bicyclic) bond motifs is 1. The van der Waals surface area contributed by atoms with Crippen LogP contribution in [0.15, 0.2) is 30.7 Å². The maximum absolute atomic E-state index is 14.0. The third-order valence-corrected chi connectivity index (χ3v) is 4.53. The molecule has 0 aliphatic carbocycles. The number of nitrogens with zero attached hydrogens (tertiary/aromatic N) is 7. The molecular weight excluding hydrogens is 321 g/mol. The minimum absolute atomic E-state index is 0.277. The Morgan fingerprint density at radius 1 is 1.00 bits per heavy atom. The fourth-order valence-electron chi connectivity index (χ4n) is 3.28. The van der Waals surface area contributed by atoms with Crippen molar-refractivity contribution in [2.24, 2.45) is 0 Å². The first-order valence-electron chi connectivity index (χ1n) is 8.57. The van der Waals surface area contributed by atoms with Crippen molar-refractivity contribution in [2.45, 2.75) is 19.8 Å². The lowest BCUT2D eigenvalue weighted by Crippen LogP contribution is -2.32. The van der Waals surface area contributed by atoms with E-state index in [-0.39, 0.29) is 5.82 Å². The summed E-state index contributed by atoms with van der Waals surface area (Å²) < 4.78 is 16.0. The van der Waals surface area contributed by atoms with Crippen LogP contribution >= 0.6 is 0 Å². The van der Waals surface area contributed by atoms with Crippen LogP contribution in [0.25, 0.3) is 5.65 Å². The summed E-state index contributed by atoms with van der Waals surface area (Å²) in [5.74, 6) is 1.90. The molecule has 0 unspecified atom stereocenters. The van der Waals surface area contributed by atoms with Gasteiger partial charge in [0, 0.05) is 51.2 Å². The Bertz CT molecular complexity index is 878. The molecule has 0 saturated carbocycles. The first-order valence-corrected chi connectivity index (χ1v) is 8.57. The van der Waals surface area contributed by atoms with Crippen LogP contribution < -0.4 is 9.80 Å². The topological polar surface area (TPSA) is 62.5 Å². The highest BCUT2D eigenvalue weighted by atomic mass is 19.1. The number of pyridine rings is 1. The van der Waals surface area contributed by atoms with Gasteiger partial charge in [-0.25, -0.2) is 14.4 Å². The molecule has 4 rings (SSSR count). The number of anilines is 2. The van der Waals surface area contributed by atoms with Gasteiger partial charge >= 0.3 is 0 Å². The molecule has 8 heteroatoms. The quantitative estimate of drug-likeness (QED) is 0.725. The highest BCUT2D eigenvalue weighted by Gasteiger charge is 2.21. The zero-order chi connectivity index (χ0) is 17.2. The number of aromatic nitrogens is 5. The Hall–Kier alpha value is -2.77. The Morgan fingerprint density at radius 3 is 2.52 bits per heavy atom. The third kappa shape index (κ3) is 2.88. The first-order chi connectivity index (χ1) is 12.3. The van der Waals surface area contributed by atoms with E-state index in [9.17, 15) is 4.39 Å². The van der Waals surface area contributed by atoms with Crippen molar-refractivity contribution in [3.8, 4) is 0 Å². The molecule has 1 saturated heterocycles. The van der Waals surface area contributed by atoms with E-state index >= 15 is 0 Å². The Kier molecular flexibility index (Phi) is 4.17. The maximum Gasteiger partial charge on any atom is 0.203 e. The smallest absolute Gasteiger partial charge is 0.203 e. The lowest BCUT2D eigenvalue weighted by molar-refractivity contribution is 0.610. The molecule has 0 amide bonds. The van der Waals surface area contributed by atoms with Crippen LogP contribution in [0.5, 0.6) is 0 Å². The second-order valence-electron chi connectivity index (χ2n) is 6.05. The van der Waals surface area contributed by atoms with E-state index in [1.165, 1.54) is 6.07 Å². The molecule has 1 aliphatic heterocycles. The van der Waals surface area contributed by atoms with Crippen LogP contribution in [0.1, 0.15) is 19.2 Å². The molecule has 25 heavy (non-hydrogen) atoms. The minimum Gasteiger partial charge on any atom is -0.352 e. The van der Waals surface area contributed by atoms with E-state index in [2.05, 4.69) is 32.0 Å². The third-order valence-electron chi connectivity index (χ3n) is 4.53. The highest BCUT2D eigenvalue weighted by Crippen LogP contribution is 2.22. The van der Waals surface area contributed by atoms with Gasteiger partial charge in [-0.3, -0.25) is 4.40 Å². The van der Waals surface area contributed by atoms with Crippen molar-refractivity contribution < 1.29 is 4.39 Å². The number of aryl methyl sites for hydroxylation is 1. The van der Waals surface area contributed by atoms with E-state index in [1.807, 2.05) is 15.5 Å². The summed E-state index contributed by atoms with van der Waals surface area (Å²) in [5.41, 5.74) is 0.775. The lowest BCUT2D eigenvalue weighted by Gasteiger charge is -2.23. The van der Waals surface area contributed by atoms with Gasteiger partial charge in [-0.2, -0.15) is 0 Å². The van der Waals surface area contributed by atoms with Gasteiger partial charge in [-0.15, -0.1) is 10.2 Å². The first kappa shape index (κ1) is 15.7. The van der Waals surface area contributed by atoms with Crippen LogP contribution in [0.2, 0.25) is 0 Å². The Balaban J connectivity index is 1.59. The monoisotopic (exact) mass is 341 g/mol. The van der Waals surface area contributed by atoms with Crippen molar-refractivity contribution in [1.29, 1.82) is 0 Å². The van der Waals surface area contributed by atoms with Gasteiger partial charge in [0.15, 0.2) is 17.5 Å². The van der Waals surface area contributed by atoms with Crippen LogP contribution in [0, 0.1) is 5.82 Å². The van der Waals surface area contributed by atoms with Crippen molar-refractivity contribution in [2.75, 3.05) is 36.0 Å². The largest absolute Gasteiger partial charge is 0.352 e. The molecule has 0 bridgehead atoms. The lowest BCUT2D eigenvalue weighted by atomic mass is 10.3. The number of rotatable bonds is 3. The second kappa shape index (κ2) is 6.62. The molecule has 3 aromatic rings. The van der Waals surface area contributed by atoms with Crippen LogP contribution in [-0.4, -0.2) is 50.7 Å². The standard InChI is InChI=1S/C17H20FN7/c1-2-14-21-22-17-16(20-7-10-25(14)17)24-9-4-8-23(11-12-24)15-13(18)5-3-6-19-15/h3,5-7,10H,2,4,8-9,11-12H2,1H3. The maximum atomic E-state index is 14.0. The normalized spacial score (nSPS) is 15.6. The van der Waals surface area contributed by atoms with Gasteiger partial charge in [0.05, 0.1) is 0 Å². The summed E-state index contributed by atoms with van der Waals surface area (Å²) in [4.78, 5) is 12.9. The summed E-state index contributed by atoms with van der Waals surface area (Å²) in [6, 6.07) is 3.07. The average Bonchev–Trinajstić information content (AvgIpc) is 2.91. The molecular formula is C17H20FN7. The summed E-state index contributed by atoms with van der Waals surface area (Å²) in [5, 5.41) is 8.55. The van der Waals surface area contributed by atoms with Crippen molar-refractivity contribution in [1.82, 2.24) is 24.6 Å². The molecule has 0 spiro atoms. The fourth-order valence-corrected chi connectivity index (χ4v) is 3.28. The van der Waals surface area contributed by atoms with Crippen LogP contribution in [-0.2, 0) is 6.42 Å². The second-order valence-corrected chi connectivity index (χ2v) is 6.05. The van der Waals surface area contributed by atoms with Gasteiger partial charge in [-0.1, -0.05) is 6.92 Å². The number of halogens is 1. The molecule has 1 fully saturated rings. The van der Waals surface area contributed by atoms with Gasteiger partial charge in [0.25, 0.3) is 0 Å².